The highest BCUT2D eigenvalue weighted by Crippen LogP contribution is 2.38. The SMILES string of the molecule is Cc1ccc2nc3c4c[nH][nH]c4c4c(c3c2c1)C(=O)NC4=O. The molecule has 106 valence electrons. The molecule has 0 fully saturated rings. The van der Waals surface area contributed by atoms with Gasteiger partial charge in [0.05, 0.1) is 27.7 Å². The van der Waals surface area contributed by atoms with E-state index in [1.165, 1.54) is 0 Å². The van der Waals surface area contributed by atoms with Crippen molar-refractivity contribution < 1.29 is 9.59 Å². The van der Waals surface area contributed by atoms with Gasteiger partial charge in [0.25, 0.3) is 11.8 Å². The van der Waals surface area contributed by atoms with E-state index in [9.17, 15) is 9.59 Å². The van der Waals surface area contributed by atoms with Gasteiger partial charge in [-0.25, -0.2) is 4.98 Å². The van der Waals surface area contributed by atoms with E-state index in [1.54, 1.807) is 6.20 Å². The van der Waals surface area contributed by atoms with Crippen LogP contribution in [0.3, 0.4) is 0 Å². The third-order valence-electron chi connectivity index (χ3n) is 4.26. The Morgan fingerprint density at radius 1 is 1.05 bits per heavy atom. The summed E-state index contributed by atoms with van der Waals surface area (Å²) in [5.41, 5.74) is 4.06. The number of hydrogen-bond acceptors (Lipinski definition) is 3. The third-order valence-corrected chi connectivity index (χ3v) is 4.26. The molecule has 1 aliphatic rings. The summed E-state index contributed by atoms with van der Waals surface area (Å²) in [6.45, 7) is 1.99. The summed E-state index contributed by atoms with van der Waals surface area (Å²) in [5.74, 6) is -0.734. The fraction of sp³-hybridized carbons (Fsp3) is 0.0625. The molecule has 0 spiro atoms. The maximum Gasteiger partial charge on any atom is 0.261 e. The number of aromatic amines is 2. The summed E-state index contributed by atoms with van der Waals surface area (Å²) in [6.07, 6.45) is 1.77. The van der Waals surface area contributed by atoms with E-state index in [2.05, 4.69) is 20.5 Å². The Hall–Kier alpha value is -3.15. The van der Waals surface area contributed by atoms with E-state index < -0.39 is 0 Å². The van der Waals surface area contributed by atoms with Gasteiger partial charge in [-0.2, -0.15) is 0 Å². The summed E-state index contributed by atoms with van der Waals surface area (Å²) in [7, 11) is 0. The van der Waals surface area contributed by atoms with Crippen molar-refractivity contribution in [1.82, 2.24) is 20.5 Å². The zero-order valence-electron chi connectivity index (χ0n) is 11.6. The highest BCUT2D eigenvalue weighted by Gasteiger charge is 2.34. The van der Waals surface area contributed by atoms with Gasteiger partial charge in [-0.15, -0.1) is 0 Å². The van der Waals surface area contributed by atoms with Gasteiger partial charge in [0.1, 0.15) is 0 Å². The van der Waals surface area contributed by atoms with E-state index in [0.29, 0.717) is 16.6 Å². The van der Waals surface area contributed by atoms with Crippen LogP contribution in [0.4, 0.5) is 0 Å². The highest BCUT2D eigenvalue weighted by molar-refractivity contribution is 6.36. The monoisotopic (exact) mass is 290 g/mol. The van der Waals surface area contributed by atoms with Crippen LogP contribution in [0.25, 0.3) is 32.7 Å². The molecule has 0 saturated heterocycles. The van der Waals surface area contributed by atoms with Gasteiger partial charge in [0.2, 0.25) is 0 Å². The Balaban J connectivity index is 2.18. The summed E-state index contributed by atoms with van der Waals surface area (Å²) < 4.78 is 0. The molecule has 0 aliphatic carbocycles. The minimum absolute atomic E-state index is 0.364. The molecule has 22 heavy (non-hydrogen) atoms. The van der Waals surface area contributed by atoms with E-state index in [1.807, 2.05) is 25.1 Å². The third kappa shape index (κ3) is 1.18. The number of fused-ring (bicyclic) bond motifs is 8. The maximum atomic E-state index is 12.3. The van der Waals surface area contributed by atoms with Crippen LogP contribution in [-0.2, 0) is 0 Å². The largest absolute Gasteiger partial charge is 0.307 e. The first-order valence-corrected chi connectivity index (χ1v) is 6.92. The molecule has 0 radical (unpaired) electrons. The molecule has 2 aromatic heterocycles. The van der Waals surface area contributed by atoms with Crippen molar-refractivity contribution in [1.29, 1.82) is 0 Å². The highest BCUT2D eigenvalue weighted by atomic mass is 16.2. The van der Waals surface area contributed by atoms with Crippen molar-refractivity contribution in [2.24, 2.45) is 0 Å². The minimum atomic E-state index is -0.371. The topological polar surface area (TPSA) is 90.6 Å². The van der Waals surface area contributed by atoms with E-state index in [4.69, 9.17) is 0 Å². The number of imide groups is 1. The Morgan fingerprint density at radius 2 is 1.86 bits per heavy atom. The van der Waals surface area contributed by atoms with Crippen molar-refractivity contribution in [3.8, 4) is 0 Å². The second-order valence-corrected chi connectivity index (χ2v) is 5.59. The lowest BCUT2D eigenvalue weighted by molar-refractivity contribution is 0.0880. The molecule has 3 heterocycles. The minimum Gasteiger partial charge on any atom is -0.307 e. The number of H-pyrrole nitrogens is 2. The number of nitrogens with zero attached hydrogens (tertiary/aromatic N) is 1. The van der Waals surface area contributed by atoms with Gasteiger partial charge in [0, 0.05) is 22.4 Å². The van der Waals surface area contributed by atoms with E-state index in [0.717, 1.165) is 32.8 Å². The van der Waals surface area contributed by atoms with Crippen molar-refractivity contribution in [2.75, 3.05) is 0 Å². The molecule has 6 heteroatoms. The molecule has 6 nitrogen and oxygen atoms in total. The lowest BCUT2D eigenvalue weighted by atomic mass is 9.98. The molecular formula is C16H10N4O2. The van der Waals surface area contributed by atoms with Crippen LogP contribution < -0.4 is 5.32 Å². The average Bonchev–Trinajstić information content (AvgIpc) is 3.14. The number of carbonyl (C=O) groups is 2. The zero-order valence-corrected chi connectivity index (χ0v) is 11.6. The van der Waals surface area contributed by atoms with Crippen LogP contribution >= 0.6 is 0 Å². The molecule has 0 atom stereocenters. The summed E-state index contributed by atoms with van der Waals surface area (Å²) in [6, 6.07) is 5.93. The van der Waals surface area contributed by atoms with Gasteiger partial charge in [-0.1, -0.05) is 11.6 Å². The number of nitrogens with one attached hydrogen (secondary N) is 3. The first-order chi connectivity index (χ1) is 10.6. The first kappa shape index (κ1) is 11.5. The number of aryl methyl sites for hydroxylation is 1. The maximum absolute atomic E-state index is 12.3. The number of carbonyl (C=O) groups excluding carboxylic acids is 2. The first-order valence-electron chi connectivity index (χ1n) is 6.92. The Morgan fingerprint density at radius 3 is 2.73 bits per heavy atom. The fourth-order valence-corrected chi connectivity index (χ4v) is 3.34. The van der Waals surface area contributed by atoms with Crippen LogP contribution in [0, 0.1) is 6.92 Å². The molecule has 2 amide bonds. The predicted molar refractivity (Wildman–Crippen MR) is 82.0 cm³/mol. The predicted octanol–water partition coefficient (Wildman–Crippen LogP) is 2.39. The quantitative estimate of drug-likeness (QED) is 0.434. The number of amides is 2. The molecule has 0 bridgehead atoms. The Labute approximate surface area is 123 Å². The van der Waals surface area contributed by atoms with Crippen molar-refractivity contribution in [3.63, 3.8) is 0 Å². The summed E-state index contributed by atoms with van der Waals surface area (Å²) in [4.78, 5) is 29.1. The molecule has 5 rings (SSSR count). The van der Waals surface area contributed by atoms with Crippen LogP contribution in [0.5, 0.6) is 0 Å². The number of hydrogen-bond donors (Lipinski definition) is 3. The molecule has 4 aromatic rings. The lowest BCUT2D eigenvalue weighted by Crippen LogP contribution is -2.20. The molecule has 0 saturated carbocycles. The number of rotatable bonds is 0. The van der Waals surface area contributed by atoms with Crippen LogP contribution in [0.2, 0.25) is 0 Å². The summed E-state index contributed by atoms with van der Waals surface area (Å²) >= 11 is 0. The van der Waals surface area contributed by atoms with Gasteiger partial charge in [0.15, 0.2) is 0 Å². The van der Waals surface area contributed by atoms with E-state index in [-0.39, 0.29) is 11.8 Å². The Bertz CT molecular complexity index is 1150. The zero-order chi connectivity index (χ0) is 15.0. The standard InChI is InChI=1S/C16H10N4O2/c1-6-2-3-9-7(4-6)10-11-12(16(22)19-15(11)21)14-8(5-17-20-14)13(10)18-9/h2-5,17,20H,1H3,(H,19,21,22). The second-order valence-electron chi connectivity index (χ2n) is 5.59. The Kier molecular flexibility index (Phi) is 1.85. The fourth-order valence-electron chi connectivity index (χ4n) is 3.34. The second kappa shape index (κ2) is 3.54. The van der Waals surface area contributed by atoms with E-state index >= 15 is 0 Å². The molecule has 0 unspecified atom stereocenters. The van der Waals surface area contributed by atoms with Gasteiger partial charge in [-0.05, 0) is 19.1 Å². The van der Waals surface area contributed by atoms with Crippen molar-refractivity contribution in [2.45, 2.75) is 6.92 Å². The number of aromatic nitrogens is 3. The number of benzene rings is 2. The molecule has 3 N–H and O–H groups in total. The van der Waals surface area contributed by atoms with Crippen LogP contribution in [-0.4, -0.2) is 27.0 Å². The average molecular weight is 290 g/mol. The normalized spacial score (nSPS) is 14.2. The van der Waals surface area contributed by atoms with Gasteiger partial charge < -0.3 is 5.10 Å². The summed E-state index contributed by atoms with van der Waals surface area (Å²) in [5, 5.41) is 10.7. The van der Waals surface area contributed by atoms with Crippen molar-refractivity contribution in [3.05, 3.63) is 41.1 Å². The smallest absolute Gasteiger partial charge is 0.261 e. The molecule has 1 aliphatic heterocycles. The van der Waals surface area contributed by atoms with Gasteiger partial charge >= 0.3 is 0 Å². The van der Waals surface area contributed by atoms with Crippen molar-refractivity contribution >= 4 is 44.5 Å². The molecule has 2 aromatic carbocycles. The lowest BCUT2D eigenvalue weighted by Gasteiger charge is -2.01. The van der Waals surface area contributed by atoms with Crippen LogP contribution in [0.1, 0.15) is 26.3 Å². The van der Waals surface area contributed by atoms with Gasteiger partial charge in [-0.3, -0.25) is 20.0 Å². The molecular weight excluding hydrogens is 280 g/mol. The van der Waals surface area contributed by atoms with Crippen LogP contribution in [0.15, 0.2) is 24.4 Å².